The maximum atomic E-state index is 5.82. The smallest absolute Gasteiger partial charge is 0.147 e. The van der Waals surface area contributed by atoms with Crippen LogP contribution in [-0.2, 0) is 20.8 Å². The van der Waals surface area contributed by atoms with Gasteiger partial charge in [-0.05, 0) is 12.0 Å². The number of rotatable bonds is 4. The Morgan fingerprint density at radius 3 is 2.88 bits per heavy atom. The van der Waals surface area contributed by atoms with Gasteiger partial charge in [-0.1, -0.05) is 37.3 Å². The summed E-state index contributed by atoms with van der Waals surface area (Å²) in [7, 11) is 0. The van der Waals surface area contributed by atoms with Gasteiger partial charge in [0.25, 0.3) is 0 Å². The molecule has 0 N–H and O–H groups in total. The first-order chi connectivity index (χ1) is 7.90. The molecular formula is C13H18O3. The van der Waals surface area contributed by atoms with E-state index in [1.807, 2.05) is 18.2 Å². The molecule has 2 atom stereocenters. The molecule has 2 rings (SSSR count). The van der Waals surface area contributed by atoms with Gasteiger partial charge in [0.05, 0.1) is 19.3 Å². The molecule has 1 heterocycles. The first-order valence-electron chi connectivity index (χ1n) is 5.75. The maximum Gasteiger partial charge on any atom is 0.147 e. The van der Waals surface area contributed by atoms with E-state index in [1.54, 1.807) is 0 Å². The van der Waals surface area contributed by atoms with Gasteiger partial charge >= 0.3 is 0 Å². The van der Waals surface area contributed by atoms with E-state index in [9.17, 15) is 0 Å². The Labute approximate surface area is 96.3 Å². The van der Waals surface area contributed by atoms with E-state index >= 15 is 0 Å². The van der Waals surface area contributed by atoms with E-state index in [2.05, 4.69) is 19.1 Å². The van der Waals surface area contributed by atoms with Crippen LogP contribution in [0.2, 0.25) is 0 Å². The Bertz CT molecular complexity index is 299. The molecule has 1 aliphatic rings. The van der Waals surface area contributed by atoms with Crippen molar-refractivity contribution in [1.29, 1.82) is 0 Å². The van der Waals surface area contributed by atoms with Gasteiger partial charge in [-0.15, -0.1) is 0 Å². The van der Waals surface area contributed by atoms with E-state index in [1.165, 1.54) is 5.56 Å². The van der Waals surface area contributed by atoms with Gasteiger partial charge < -0.3 is 14.2 Å². The highest BCUT2D eigenvalue weighted by molar-refractivity contribution is 5.13. The predicted molar refractivity (Wildman–Crippen MR) is 61.0 cm³/mol. The summed E-state index contributed by atoms with van der Waals surface area (Å²) in [4.78, 5) is 0. The van der Waals surface area contributed by atoms with Crippen LogP contribution in [0.1, 0.15) is 18.9 Å². The molecule has 3 heteroatoms. The lowest BCUT2D eigenvalue weighted by Gasteiger charge is -2.30. The monoisotopic (exact) mass is 222 g/mol. The molecule has 0 bridgehead atoms. The summed E-state index contributed by atoms with van der Waals surface area (Å²) >= 11 is 0. The normalized spacial score (nSPS) is 25.6. The molecule has 0 unspecified atom stereocenters. The van der Waals surface area contributed by atoms with Gasteiger partial charge in [-0.25, -0.2) is 0 Å². The fourth-order valence-electron chi connectivity index (χ4n) is 1.83. The fourth-order valence-corrected chi connectivity index (χ4v) is 1.83. The molecule has 88 valence electrons. The highest BCUT2D eigenvalue weighted by Crippen LogP contribution is 2.15. The SMILES string of the molecule is CC[C@H]1OCOC[C@H]1OCc1ccccc1. The van der Waals surface area contributed by atoms with E-state index in [-0.39, 0.29) is 12.2 Å². The maximum absolute atomic E-state index is 5.82. The second kappa shape index (κ2) is 5.99. The minimum absolute atomic E-state index is 0.0546. The van der Waals surface area contributed by atoms with Crippen LogP contribution in [0, 0.1) is 0 Å². The van der Waals surface area contributed by atoms with E-state index in [4.69, 9.17) is 14.2 Å². The van der Waals surface area contributed by atoms with Crippen molar-refractivity contribution < 1.29 is 14.2 Å². The van der Waals surface area contributed by atoms with Crippen molar-refractivity contribution in [2.45, 2.75) is 32.2 Å². The first-order valence-corrected chi connectivity index (χ1v) is 5.75. The first kappa shape index (κ1) is 11.6. The van der Waals surface area contributed by atoms with Crippen molar-refractivity contribution in [3.05, 3.63) is 35.9 Å². The third-order valence-corrected chi connectivity index (χ3v) is 2.77. The van der Waals surface area contributed by atoms with Crippen LogP contribution in [-0.4, -0.2) is 25.6 Å². The second-order valence-electron chi connectivity index (χ2n) is 3.94. The molecule has 1 aliphatic heterocycles. The Morgan fingerprint density at radius 1 is 1.31 bits per heavy atom. The minimum atomic E-state index is 0.0546. The lowest BCUT2D eigenvalue weighted by atomic mass is 10.1. The lowest BCUT2D eigenvalue weighted by molar-refractivity contribution is -0.211. The van der Waals surface area contributed by atoms with Crippen LogP contribution in [0.5, 0.6) is 0 Å². The standard InChI is InChI=1S/C13H18O3/c1-2-12-13(9-14-10-16-12)15-8-11-6-4-3-5-7-11/h3-7,12-13H,2,8-10H2,1H3/t12-,13-/m1/s1. The molecular weight excluding hydrogens is 204 g/mol. The minimum Gasteiger partial charge on any atom is -0.368 e. The Morgan fingerprint density at radius 2 is 2.12 bits per heavy atom. The van der Waals surface area contributed by atoms with Crippen LogP contribution in [0.25, 0.3) is 0 Å². The largest absolute Gasteiger partial charge is 0.368 e. The summed E-state index contributed by atoms with van der Waals surface area (Å²) in [5.74, 6) is 0. The molecule has 3 nitrogen and oxygen atoms in total. The predicted octanol–water partition coefficient (Wildman–Crippen LogP) is 2.35. The molecule has 1 saturated heterocycles. The fraction of sp³-hybridized carbons (Fsp3) is 0.538. The Balaban J connectivity index is 1.84. The van der Waals surface area contributed by atoms with Crippen molar-refractivity contribution >= 4 is 0 Å². The van der Waals surface area contributed by atoms with Crippen molar-refractivity contribution in [2.75, 3.05) is 13.4 Å². The van der Waals surface area contributed by atoms with Crippen molar-refractivity contribution in [3.63, 3.8) is 0 Å². The van der Waals surface area contributed by atoms with Gasteiger partial charge in [-0.3, -0.25) is 0 Å². The van der Waals surface area contributed by atoms with Gasteiger partial charge in [0.1, 0.15) is 12.9 Å². The molecule has 0 radical (unpaired) electrons. The molecule has 0 spiro atoms. The molecule has 1 fully saturated rings. The third-order valence-electron chi connectivity index (χ3n) is 2.77. The summed E-state index contributed by atoms with van der Waals surface area (Å²) < 4.78 is 16.6. The Kier molecular flexibility index (Phi) is 4.34. The van der Waals surface area contributed by atoms with Gasteiger partial charge in [0.2, 0.25) is 0 Å². The van der Waals surface area contributed by atoms with Crippen LogP contribution >= 0.6 is 0 Å². The van der Waals surface area contributed by atoms with Crippen molar-refractivity contribution in [1.82, 2.24) is 0 Å². The molecule has 0 saturated carbocycles. The summed E-state index contributed by atoms with van der Waals surface area (Å²) in [5, 5.41) is 0. The van der Waals surface area contributed by atoms with Crippen LogP contribution in [0.4, 0.5) is 0 Å². The number of benzene rings is 1. The highest BCUT2D eigenvalue weighted by Gasteiger charge is 2.25. The van der Waals surface area contributed by atoms with Crippen molar-refractivity contribution in [2.24, 2.45) is 0 Å². The van der Waals surface area contributed by atoms with Gasteiger partial charge in [0, 0.05) is 0 Å². The lowest BCUT2D eigenvalue weighted by Crippen LogP contribution is -2.40. The zero-order chi connectivity index (χ0) is 11.2. The molecule has 1 aromatic carbocycles. The third kappa shape index (κ3) is 3.04. The summed E-state index contributed by atoms with van der Waals surface area (Å²) in [6.07, 6.45) is 1.18. The van der Waals surface area contributed by atoms with E-state index in [0.717, 1.165) is 6.42 Å². The van der Waals surface area contributed by atoms with Crippen LogP contribution in [0.3, 0.4) is 0 Å². The van der Waals surface area contributed by atoms with Crippen LogP contribution in [0.15, 0.2) is 30.3 Å². The summed E-state index contributed by atoms with van der Waals surface area (Å²) in [6.45, 7) is 3.75. The Hall–Kier alpha value is -0.900. The second-order valence-corrected chi connectivity index (χ2v) is 3.94. The van der Waals surface area contributed by atoms with Crippen LogP contribution < -0.4 is 0 Å². The highest BCUT2D eigenvalue weighted by atomic mass is 16.7. The van der Waals surface area contributed by atoms with E-state index < -0.39 is 0 Å². The average Bonchev–Trinajstić information content (AvgIpc) is 2.38. The summed E-state index contributed by atoms with van der Waals surface area (Å²) in [6, 6.07) is 10.2. The number of ether oxygens (including phenoxy) is 3. The van der Waals surface area contributed by atoms with Gasteiger partial charge in [-0.2, -0.15) is 0 Å². The zero-order valence-electron chi connectivity index (χ0n) is 9.59. The quantitative estimate of drug-likeness (QED) is 0.782. The number of hydrogen-bond donors (Lipinski definition) is 0. The average molecular weight is 222 g/mol. The molecule has 0 aromatic heterocycles. The molecule has 0 aliphatic carbocycles. The topological polar surface area (TPSA) is 27.7 Å². The van der Waals surface area contributed by atoms with Crippen molar-refractivity contribution in [3.8, 4) is 0 Å². The number of hydrogen-bond acceptors (Lipinski definition) is 3. The zero-order valence-corrected chi connectivity index (χ0v) is 9.59. The van der Waals surface area contributed by atoms with Gasteiger partial charge in [0.15, 0.2) is 0 Å². The van der Waals surface area contributed by atoms with E-state index in [0.29, 0.717) is 20.0 Å². The molecule has 1 aromatic rings. The summed E-state index contributed by atoms with van der Waals surface area (Å²) in [5.41, 5.74) is 1.18. The molecule has 0 amide bonds. The molecule has 16 heavy (non-hydrogen) atoms.